The molecule has 3 aromatic heterocycles. The van der Waals surface area contributed by atoms with Crippen LogP contribution in [0.1, 0.15) is 10.6 Å². The molecule has 2 aromatic carbocycles. The van der Waals surface area contributed by atoms with E-state index >= 15 is 0 Å². The molecule has 0 aliphatic rings. The number of amides is 1. The number of para-hydroxylation sites is 1. The minimum atomic E-state index is -0.264. The Balaban J connectivity index is 1.59. The Hall–Kier alpha value is -3.69. The van der Waals surface area contributed by atoms with Crippen LogP contribution in [0.5, 0.6) is 0 Å². The summed E-state index contributed by atoms with van der Waals surface area (Å²) >= 11 is 2.69. The van der Waals surface area contributed by atoms with E-state index in [1.54, 1.807) is 17.6 Å². The molecule has 0 aliphatic heterocycles. The second kappa shape index (κ2) is 9.28. The van der Waals surface area contributed by atoms with Crippen LogP contribution in [0.25, 0.3) is 27.0 Å². The Morgan fingerprint density at radius 1 is 1.09 bits per heavy atom. The third kappa shape index (κ3) is 4.27. The number of hydrogen-bond donors (Lipinski definition) is 1. The van der Waals surface area contributed by atoms with E-state index in [1.807, 2.05) is 67.6 Å². The van der Waals surface area contributed by atoms with Crippen LogP contribution in [0.2, 0.25) is 0 Å². The minimum Gasteiger partial charge on any atom is -0.360 e. The van der Waals surface area contributed by atoms with Crippen LogP contribution in [0.3, 0.4) is 0 Å². The second-order valence-corrected chi connectivity index (χ2v) is 9.76. The zero-order valence-electron chi connectivity index (χ0n) is 18.4. The van der Waals surface area contributed by atoms with Gasteiger partial charge in [0.05, 0.1) is 16.8 Å². The number of fused-ring (bicyclic) bond motifs is 1. The molecule has 0 fully saturated rings. The first-order valence-electron chi connectivity index (χ1n) is 10.5. The number of thioether (sulfide) groups is 1. The lowest BCUT2D eigenvalue weighted by atomic mass is 10.0. The molecule has 0 aliphatic carbocycles. The van der Waals surface area contributed by atoms with Crippen molar-refractivity contribution in [2.45, 2.75) is 19.0 Å². The maximum Gasteiger partial charge on any atom is 0.268 e. The lowest BCUT2D eigenvalue weighted by Crippen LogP contribution is -2.22. The van der Waals surface area contributed by atoms with Crippen LogP contribution in [0.4, 0.5) is 5.82 Å². The summed E-state index contributed by atoms with van der Waals surface area (Å²) in [6.07, 6.45) is 0. The minimum absolute atomic E-state index is 0.0621. The van der Waals surface area contributed by atoms with Gasteiger partial charge in [0.25, 0.3) is 5.56 Å². The number of carbonyl (C=O) groups is 1. The summed E-state index contributed by atoms with van der Waals surface area (Å²) in [6.45, 7) is 3.75. The van der Waals surface area contributed by atoms with Crippen molar-refractivity contribution in [3.63, 3.8) is 0 Å². The summed E-state index contributed by atoms with van der Waals surface area (Å²) in [5.41, 5.74) is 2.42. The van der Waals surface area contributed by atoms with Crippen molar-refractivity contribution in [3.8, 4) is 16.8 Å². The summed E-state index contributed by atoms with van der Waals surface area (Å²) in [7, 11) is 0. The molecule has 7 nitrogen and oxygen atoms in total. The molecule has 0 bridgehead atoms. The molecule has 0 unspecified atom stereocenters. The molecule has 5 rings (SSSR count). The average Bonchev–Trinajstić information content (AvgIpc) is 3.40. The van der Waals surface area contributed by atoms with E-state index in [2.05, 4.69) is 10.5 Å². The summed E-state index contributed by atoms with van der Waals surface area (Å²) in [4.78, 5) is 32.9. The second-order valence-electron chi connectivity index (χ2n) is 7.61. The molecule has 0 atom stereocenters. The lowest BCUT2D eigenvalue weighted by Gasteiger charge is -2.12. The number of nitrogens with one attached hydrogen (secondary N) is 1. The fourth-order valence-corrected chi connectivity index (χ4v) is 5.63. The van der Waals surface area contributed by atoms with Crippen LogP contribution >= 0.6 is 23.1 Å². The van der Waals surface area contributed by atoms with Gasteiger partial charge in [-0.1, -0.05) is 65.4 Å². The Bertz CT molecular complexity index is 1540. The number of thiophene rings is 1. The van der Waals surface area contributed by atoms with Gasteiger partial charge in [-0.2, -0.15) is 0 Å². The van der Waals surface area contributed by atoms with Crippen molar-refractivity contribution < 1.29 is 9.32 Å². The van der Waals surface area contributed by atoms with Gasteiger partial charge >= 0.3 is 0 Å². The van der Waals surface area contributed by atoms with Crippen molar-refractivity contribution in [1.82, 2.24) is 14.7 Å². The molecule has 170 valence electrons. The van der Waals surface area contributed by atoms with E-state index in [0.29, 0.717) is 32.6 Å². The molecule has 0 saturated carbocycles. The highest BCUT2D eigenvalue weighted by Gasteiger charge is 2.21. The van der Waals surface area contributed by atoms with Crippen molar-refractivity contribution in [1.29, 1.82) is 0 Å². The number of anilines is 1. The van der Waals surface area contributed by atoms with Gasteiger partial charge in [-0.15, -0.1) is 11.3 Å². The van der Waals surface area contributed by atoms with Gasteiger partial charge in [0.1, 0.15) is 10.6 Å². The van der Waals surface area contributed by atoms with E-state index in [9.17, 15) is 9.59 Å². The molecule has 0 saturated heterocycles. The molecule has 5 aromatic rings. The average molecular weight is 489 g/mol. The topological polar surface area (TPSA) is 90.0 Å². The Morgan fingerprint density at radius 2 is 1.79 bits per heavy atom. The van der Waals surface area contributed by atoms with Crippen LogP contribution in [-0.4, -0.2) is 26.4 Å². The first kappa shape index (κ1) is 22.1. The molecular formula is C25H20N4O3S2. The van der Waals surface area contributed by atoms with E-state index in [4.69, 9.17) is 9.51 Å². The normalized spacial score (nSPS) is 11.1. The van der Waals surface area contributed by atoms with Gasteiger partial charge in [0.15, 0.2) is 11.0 Å². The summed E-state index contributed by atoms with van der Waals surface area (Å²) in [5.74, 6) is 0.760. The maximum atomic E-state index is 13.9. The van der Waals surface area contributed by atoms with Gasteiger partial charge < -0.3 is 9.84 Å². The van der Waals surface area contributed by atoms with Crippen molar-refractivity contribution in [2.24, 2.45) is 0 Å². The van der Waals surface area contributed by atoms with Gasteiger partial charge in [-0.05, 0) is 31.5 Å². The van der Waals surface area contributed by atoms with Gasteiger partial charge in [0, 0.05) is 16.5 Å². The number of rotatable bonds is 6. The van der Waals surface area contributed by atoms with E-state index in [1.165, 1.54) is 23.1 Å². The first-order chi connectivity index (χ1) is 16.5. The smallest absolute Gasteiger partial charge is 0.268 e. The Labute approximate surface area is 203 Å². The predicted octanol–water partition coefficient (Wildman–Crippen LogP) is 5.45. The van der Waals surface area contributed by atoms with Crippen LogP contribution < -0.4 is 10.9 Å². The van der Waals surface area contributed by atoms with Gasteiger partial charge in [-0.3, -0.25) is 14.2 Å². The zero-order chi connectivity index (χ0) is 23.7. The monoisotopic (exact) mass is 488 g/mol. The summed E-state index contributed by atoms with van der Waals surface area (Å²) in [6, 6.07) is 20.9. The molecule has 34 heavy (non-hydrogen) atoms. The Kier molecular flexibility index (Phi) is 6.04. The van der Waals surface area contributed by atoms with Gasteiger partial charge in [0.2, 0.25) is 5.91 Å². The van der Waals surface area contributed by atoms with Crippen molar-refractivity contribution in [3.05, 3.63) is 87.7 Å². The fourth-order valence-electron chi connectivity index (χ4n) is 3.73. The van der Waals surface area contributed by atoms with Crippen LogP contribution in [-0.2, 0) is 4.79 Å². The highest BCUT2D eigenvalue weighted by atomic mass is 32.2. The highest BCUT2D eigenvalue weighted by Crippen LogP contribution is 2.36. The van der Waals surface area contributed by atoms with Crippen LogP contribution in [0, 0.1) is 13.8 Å². The standard InChI is InChI=1S/C25H20N4O3S2/c1-15-13-19(28-32-15)26-20(30)14-33-25-27-23-22(24(31)29(25)18-11-7-4-8-12-18)21(16(2)34-23)17-9-5-3-6-10-17/h3-13H,14H2,1-2H3,(H,26,28,30). The molecule has 9 heteroatoms. The fraction of sp³-hybridized carbons (Fsp3) is 0.120. The number of hydrogen-bond acceptors (Lipinski definition) is 7. The molecule has 0 spiro atoms. The first-order valence-corrected chi connectivity index (χ1v) is 12.3. The quantitative estimate of drug-likeness (QED) is 0.253. The number of benzene rings is 2. The zero-order valence-corrected chi connectivity index (χ0v) is 20.1. The number of aromatic nitrogens is 3. The lowest BCUT2D eigenvalue weighted by molar-refractivity contribution is -0.113. The number of aryl methyl sites for hydroxylation is 2. The number of nitrogens with zero attached hydrogens (tertiary/aromatic N) is 3. The van der Waals surface area contributed by atoms with Crippen LogP contribution in [0.15, 0.2) is 81.2 Å². The highest BCUT2D eigenvalue weighted by molar-refractivity contribution is 7.99. The summed E-state index contributed by atoms with van der Waals surface area (Å²) < 4.78 is 6.57. The number of carbonyl (C=O) groups excluding carboxylic acids is 1. The van der Waals surface area contributed by atoms with E-state index in [-0.39, 0.29) is 17.2 Å². The maximum absolute atomic E-state index is 13.9. The van der Waals surface area contributed by atoms with E-state index in [0.717, 1.165) is 16.0 Å². The van der Waals surface area contributed by atoms with Crippen molar-refractivity contribution in [2.75, 3.05) is 11.1 Å². The third-order valence-electron chi connectivity index (χ3n) is 5.18. The predicted molar refractivity (Wildman–Crippen MR) is 136 cm³/mol. The molecule has 1 amide bonds. The van der Waals surface area contributed by atoms with E-state index < -0.39 is 0 Å². The SMILES string of the molecule is Cc1cc(NC(=O)CSc2nc3sc(C)c(-c4ccccc4)c3c(=O)n2-c2ccccc2)no1. The molecule has 1 N–H and O–H groups in total. The summed E-state index contributed by atoms with van der Waals surface area (Å²) in [5, 5.41) is 7.53. The molecular weight excluding hydrogens is 468 g/mol. The van der Waals surface area contributed by atoms with Crippen molar-refractivity contribution >= 4 is 45.0 Å². The molecule has 3 heterocycles. The third-order valence-corrected chi connectivity index (χ3v) is 7.11. The Morgan fingerprint density at radius 3 is 2.47 bits per heavy atom. The molecule has 0 radical (unpaired) electrons. The van der Waals surface area contributed by atoms with Gasteiger partial charge in [-0.25, -0.2) is 4.98 Å². The largest absolute Gasteiger partial charge is 0.360 e.